The van der Waals surface area contributed by atoms with Crippen LogP contribution >= 0.6 is 11.6 Å². The fraction of sp³-hybridized carbons (Fsp3) is 0.353. The van der Waals surface area contributed by atoms with Crippen LogP contribution < -0.4 is 0 Å². The van der Waals surface area contributed by atoms with Crippen molar-refractivity contribution in [3.63, 3.8) is 0 Å². The van der Waals surface area contributed by atoms with E-state index in [1.54, 1.807) is 12.3 Å². The number of H-pyrrole nitrogens is 1. The number of β-amino-alcohol motifs (C(OH)–C–C–N with tert-alkyl or cyclic N) is 1. The molecule has 1 amide bonds. The van der Waals surface area contributed by atoms with Crippen LogP contribution in [0.15, 0.2) is 42.6 Å². The molecule has 2 aromatic rings. The maximum absolute atomic E-state index is 12.3. The van der Waals surface area contributed by atoms with Crippen molar-refractivity contribution >= 4 is 17.5 Å². The Bertz CT molecular complexity index is 651. The minimum absolute atomic E-state index is 0.0276. The van der Waals surface area contributed by atoms with Crippen molar-refractivity contribution < 1.29 is 9.90 Å². The summed E-state index contributed by atoms with van der Waals surface area (Å²) in [4.78, 5) is 19.2. The molecule has 0 bridgehead atoms. The van der Waals surface area contributed by atoms with Crippen molar-refractivity contribution in [2.45, 2.75) is 6.10 Å². The van der Waals surface area contributed by atoms with Crippen LogP contribution in [0, 0.1) is 0 Å². The first-order chi connectivity index (χ1) is 11.1. The van der Waals surface area contributed by atoms with Gasteiger partial charge in [-0.05, 0) is 11.6 Å². The number of aromatic nitrogens is 1. The number of aliphatic hydroxyl groups is 1. The molecule has 122 valence electrons. The topological polar surface area (TPSA) is 59.6 Å². The Labute approximate surface area is 140 Å². The summed E-state index contributed by atoms with van der Waals surface area (Å²) in [6, 6.07) is 11.3. The number of carbonyl (C=O) groups excluding carboxylic acids is 1. The van der Waals surface area contributed by atoms with Gasteiger partial charge in [0.15, 0.2) is 0 Å². The molecule has 1 fully saturated rings. The second-order valence-corrected chi connectivity index (χ2v) is 6.19. The lowest BCUT2D eigenvalue weighted by Gasteiger charge is -2.35. The van der Waals surface area contributed by atoms with Gasteiger partial charge in [0, 0.05) is 38.9 Å². The second kappa shape index (κ2) is 7.17. The predicted molar refractivity (Wildman–Crippen MR) is 89.5 cm³/mol. The van der Waals surface area contributed by atoms with Crippen LogP contribution in [-0.4, -0.2) is 58.5 Å². The average Bonchev–Trinajstić information content (AvgIpc) is 3.02. The highest BCUT2D eigenvalue weighted by Crippen LogP contribution is 2.16. The molecule has 2 heterocycles. The fourth-order valence-electron chi connectivity index (χ4n) is 2.82. The van der Waals surface area contributed by atoms with E-state index in [4.69, 9.17) is 11.6 Å². The van der Waals surface area contributed by atoms with Crippen LogP contribution in [0.5, 0.6) is 0 Å². The van der Waals surface area contributed by atoms with E-state index in [0.717, 1.165) is 18.7 Å². The van der Waals surface area contributed by atoms with Gasteiger partial charge >= 0.3 is 0 Å². The van der Waals surface area contributed by atoms with E-state index in [1.807, 2.05) is 35.2 Å². The molecule has 2 N–H and O–H groups in total. The smallest absolute Gasteiger partial charge is 0.270 e. The Morgan fingerprint density at radius 1 is 1.22 bits per heavy atom. The summed E-state index contributed by atoms with van der Waals surface area (Å²) in [5.74, 6) is -0.0276. The summed E-state index contributed by atoms with van der Waals surface area (Å²) in [7, 11) is 0. The van der Waals surface area contributed by atoms with E-state index >= 15 is 0 Å². The van der Waals surface area contributed by atoms with E-state index in [-0.39, 0.29) is 5.91 Å². The number of nitrogens with zero attached hydrogens (tertiary/aromatic N) is 2. The van der Waals surface area contributed by atoms with Crippen LogP contribution in [-0.2, 0) is 0 Å². The van der Waals surface area contributed by atoms with Crippen LogP contribution in [0.3, 0.4) is 0 Å². The largest absolute Gasteiger partial charge is 0.387 e. The number of piperazine rings is 1. The molecule has 3 rings (SSSR count). The van der Waals surface area contributed by atoms with Gasteiger partial charge < -0.3 is 15.0 Å². The van der Waals surface area contributed by atoms with E-state index in [2.05, 4.69) is 9.88 Å². The number of aliphatic hydroxyl groups excluding tert-OH is 1. The summed E-state index contributed by atoms with van der Waals surface area (Å²) in [6.45, 7) is 3.39. The Morgan fingerprint density at radius 2 is 1.91 bits per heavy atom. The fourth-order valence-corrected chi connectivity index (χ4v) is 2.98. The molecular weight excluding hydrogens is 314 g/mol. The number of nitrogens with one attached hydrogen (secondary N) is 1. The maximum atomic E-state index is 12.3. The molecule has 5 nitrogen and oxygen atoms in total. The lowest BCUT2D eigenvalue weighted by Crippen LogP contribution is -2.49. The minimum Gasteiger partial charge on any atom is -0.387 e. The zero-order valence-electron chi connectivity index (χ0n) is 12.8. The number of aromatic amines is 1. The van der Waals surface area contributed by atoms with Crippen molar-refractivity contribution in [3.8, 4) is 0 Å². The molecule has 1 aliphatic heterocycles. The molecule has 1 aromatic heterocycles. The van der Waals surface area contributed by atoms with Crippen LogP contribution in [0.2, 0.25) is 5.02 Å². The van der Waals surface area contributed by atoms with Gasteiger partial charge in [-0.3, -0.25) is 9.69 Å². The molecule has 1 unspecified atom stereocenters. The zero-order valence-corrected chi connectivity index (χ0v) is 13.5. The summed E-state index contributed by atoms with van der Waals surface area (Å²) in [5.41, 5.74) is 1.44. The highest BCUT2D eigenvalue weighted by atomic mass is 35.5. The Morgan fingerprint density at radius 3 is 2.52 bits per heavy atom. The Hall–Kier alpha value is -1.82. The summed E-state index contributed by atoms with van der Waals surface area (Å²) in [6.07, 6.45) is 1.11. The molecule has 23 heavy (non-hydrogen) atoms. The Balaban J connectivity index is 1.51. The molecule has 0 radical (unpaired) electrons. The van der Waals surface area contributed by atoms with Gasteiger partial charge in [0.05, 0.1) is 11.1 Å². The summed E-state index contributed by atoms with van der Waals surface area (Å²) >= 11 is 5.84. The third-order valence-electron chi connectivity index (χ3n) is 4.15. The van der Waals surface area contributed by atoms with Crippen molar-refractivity contribution in [1.82, 2.24) is 14.8 Å². The minimum atomic E-state index is -0.499. The zero-order chi connectivity index (χ0) is 16.2. The normalized spacial score (nSPS) is 17.2. The maximum Gasteiger partial charge on any atom is 0.270 e. The number of hydrogen-bond donors (Lipinski definition) is 2. The number of halogens is 1. The van der Waals surface area contributed by atoms with Crippen LogP contribution in [0.25, 0.3) is 0 Å². The van der Waals surface area contributed by atoms with Crippen molar-refractivity contribution in [2.75, 3.05) is 32.7 Å². The Kier molecular flexibility index (Phi) is 5.00. The quantitative estimate of drug-likeness (QED) is 0.901. The van der Waals surface area contributed by atoms with Crippen LogP contribution in [0.4, 0.5) is 0 Å². The molecule has 1 aromatic carbocycles. The molecule has 0 spiro atoms. The van der Waals surface area contributed by atoms with Gasteiger partial charge in [-0.2, -0.15) is 0 Å². The number of hydrogen-bond acceptors (Lipinski definition) is 3. The first-order valence-corrected chi connectivity index (χ1v) is 8.10. The summed E-state index contributed by atoms with van der Waals surface area (Å²) < 4.78 is 0. The van der Waals surface area contributed by atoms with E-state index < -0.39 is 6.10 Å². The molecule has 0 aliphatic carbocycles. The van der Waals surface area contributed by atoms with Gasteiger partial charge in [-0.1, -0.05) is 41.9 Å². The van der Waals surface area contributed by atoms with E-state index in [0.29, 0.717) is 30.4 Å². The second-order valence-electron chi connectivity index (χ2n) is 5.75. The highest BCUT2D eigenvalue weighted by Gasteiger charge is 2.24. The van der Waals surface area contributed by atoms with Crippen molar-refractivity contribution in [2.24, 2.45) is 0 Å². The predicted octanol–water partition coefficient (Wildman–Crippen LogP) is 2.16. The third kappa shape index (κ3) is 3.93. The van der Waals surface area contributed by atoms with E-state index in [9.17, 15) is 9.90 Å². The standard InChI is InChI=1S/C17H20ClN3O2/c18-14-10-15(19-11-14)17(23)21-8-6-20(7-9-21)12-16(22)13-4-2-1-3-5-13/h1-5,10-11,16,19,22H,6-9,12H2. The SMILES string of the molecule is O=C(c1cc(Cl)c[nH]1)N1CCN(CC(O)c2ccccc2)CC1. The van der Waals surface area contributed by atoms with Gasteiger partial charge in [-0.15, -0.1) is 0 Å². The highest BCUT2D eigenvalue weighted by molar-refractivity contribution is 6.30. The lowest BCUT2D eigenvalue weighted by molar-refractivity contribution is 0.0523. The van der Waals surface area contributed by atoms with Crippen molar-refractivity contribution in [1.29, 1.82) is 0 Å². The number of rotatable bonds is 4. The van der Waals surface area contributed by atoms with Gasteiger partial charge in [0.25, 0.3) is 5.91 Å². The first kappa shape index (κ1) is 16.1. The van der Waals surface area contributed by atoms with E-state index in [1.165, 1.54) is 0 Å². The average molecular weight is 334 g/mol. The van der Waals surface area contributed by atoms with Crippen molar-refractivity contribution in [3.05, 3.63) is 58.9 Å². The molecule has 1 atom stereocenters. The van der Waals surface area contributed by atoms with Crippen LogP contribution in [0.1, 0.15) is 22.2 Å². The van der Waals surface area contributed by atoms with Gasteiger partial charge in [0.1, 0.15) is 5.69 Å². The first-order valence-electron chi connectivity index (χ1n) is 7.72. The van der Waals surface area contributed by atoms with Gasteiger partial charge in [0.2, 0.25) is 0 Å². The van der Waals surface area contributed by atoms with Gasteiger partial charge in [-0.25, -0.2) is 0 Å². The number of amides is 1. The third-order valence-corrected chi connectivity index (χ3v) is 4.37. The monoisotopic (exact) mass is 333 g/mol. The lowest BCUT2D eigenvalue weighted by atomic mass is 10.1. The molecule has 0 saturated carbocycles. The summed E-state index contributed by atoms with van der Waals surface area (Å²) in [5, 5.41) is 10.8. The molecule has 1 saturated heterocycles. The molecule has 6 heteroatoms. The molecule has 1 aliphatic rings. The molecular formula is C17H20ClN3O2. The number of carbonyl (C=O) groups is 1. The number of benzene rings is 1.